The first-order chi connectivity index (χ1) is 25.6. The molecule has 0 N–H and O–H groups in total. The fourth-order valence-electron chi connectivity index (χ4n) is 7.66. The molecule has 3 nitrogen and oxygen atoms in total. The van der Waals surface area contributed by atoms with Gasteiger partial charge in [-0.1, -0.05) is 158 Å². The van der Waals surface area contributed by atoms with Crippen LogP contribution < -0.4 is 0 Å². The first-order valence-electron chi connectivity index (χ1n) is 17.6. The lowest BCUT2D eigenvalue weighted by Crippen LogP contribution is -2.28. The number of nitrogens with zero attached hydrogens (tertiary/aromatic N) is 3. The quantitative estimate of drug-likeness (QED) is 0.157. The van der Waals surface area contributed by atoms with Crippen molar-refractivity contribution in [2.45, 2.75) is 19.3 Å². The monoisotopic (exact) mass is 685 g/mol. The first-order valence-corrected chi connectivity index (χ1v) is 18.5. The van der Waals surface area contributed by atoms with E-state index in [1.165, 1.54) is 49.0 Å². The van der Waals surface area contributed by atoms with Crippen LogP contribution in [0.5, 0.6) is 0 Å². The number of hydrogen-bond donors (Lipinski definition) is 0. The van der Waals surface area contributed by atoms with E-state index in [-0.39, 0.29) is 0 Å². The molecule has 2 heterocycles. The largest absolute Gasteiger partial charge is 0.208 e. The van der Waals surface area contributed by atoms with Crippen LogP contribution in [0.25, 0.3) is 60.3 Å². The average Bonchev–Trinajstić information content (AvgIpc) is 3.79. The summed E-state index contributed by atoms with van der Waals surface area (Å²) in [6, 6.07) is 56.5. The molecule has 4 heteroatoms. The zero-order valence-corrected chi connectivity index (χ0v) is 29.8. The molecule has 2 aromatic heterocycles. The lowest BCUT2D eigenvalue weighted by Gasteiger charge is -2.34. The van der Waals surface area contributed by atoms with Gasteiger partial charge in [0.05, 0.1) is 10.3 Å². The van der Waals surface area contributed by atoms with Gasteiger partial charge in [-0.15, -0.1) is 11.3 Å². The van der Waals surface area contributed by atoms with Crippen LogP contribution in [0.15, 0.2) is 176 Å². The molecule has 6 aromatic carbocycles. The molecule has 0 amide bonds. The van der Waals surface area contributed by atoms with Crippen LogP contribution >= 0.6 is 11.3 Å². The molecule has 0 fully saturated rings. The number of allylic oxidation sites excluding steroid dienone is 4. The summed E-state index contributed by atoms with van der Waals surface area (Å²) in [7, 11) is 0. The van der Waals surface area contributed by atoms with Crippen molar-refractivity contribution in [3.63, 3.8) is 0 Å². The highest BCUT2D eigenvalue weighted by atomic mass is 32.1. The van der Waals surface area contributed by atoms with Gasteiger partial charge in [0.1, 0.15) is 0 Å². The molecule has 1 aliphatic carbocycles. The highest BCUT2D eigenvalue weighted by Gasteiger charge is 2.45. The lowest BCUT2D eigenvalue weighted by atomic mass is 9.67. The van der Waals surface area contributed by atoms with E-state index >= 15 is 0 Å². The van der Waals surface area contributed by atoms with Gasteiger partial charge < -0.3 is 0 Å². The summed E-state index contributed by atoms with van der Waals surface area (Å²) >= 11 is 1.71. The molecule has 248 valence electrons. The van der Waals surface area contributed by atoms with Crippen molar-refractivity contribution in [2.75, 3.05) is 0 Å². The highest BCUT2D eigenvalue weighted by Crippen LogP contribution is 2.56. The Kier molecular flexibility index (Phi) is 8.02. The van der Waals surface area contributed by atoms with Gasteiger partial charge in [0, 0.05) is 15.8 Å². The number of aromatic nitrogens is 3. The fraction of sp³-hybridized carbons (Fsp3) is 0.0625. The van der Waals surface area contributed by atoms with E-state index in [4.69, 9.17) is 15.0 Å². The number of thiophene rings is 1. The van der Waals surface area contributed by atoms with E-state index in [0.717, 1.165) is 21.6 Å². The first kappa shape index (κ1) is 31.7. The van der Waals surface area contributed by atoms with Crippen LogP contribution in [0.4, 0.5) is 0 Å². The second-order valence-electron chi connectivity index (χ2n) is 13.2. The number of fused-ring (bicyclic) bond motifs is 4. The zero-order valence-electron chi connectivity index (χ0n) is 29.0. The van der Waals surface area contributed by atoms with Gasteiger partial charge in [0.15, 0.2) is 17.5 Å². The molecule has 0 bridgehead atoms. The predicted molar refractivity (Wildman–Crippen MR) is 217 cm³/mol. The molecule has 9 rings (SSSR count). The number of rotatable bonds is 7. The molecule has 52 heavy (non-hydrogen) atoms. The van der Waals surface area contributed by atoms with Crippen LogP contribution in [0.3, 0.4) is 0 Å². The van der Waals surface area contributed by atoms with Crippen molar-refractivity contribution in [3.8, 4) is 44.6 Å². The normalized spacial score (nSPS) is 13.4. The van der Waals surface area contributed by atoms with Gasteiger partial charge in [-0.25, -0.2) is 15.0 Å². The van der Waals surface area contributed by atoms with Gasteiger partial charge >= 0.3 is 0 Å². The SMILES string of the molecule is C/C=C\C=C(/C)c1ccc(-c2nc(-c3cccc(C4(c5ccccc5)c5ccccc5-c5ccccc54)c3)nc(-c3cc4ccccc4s3)n2)cc1. The smallest absolute Gasteiger partial charge is 0.174 e. The van der Waals surface area contributed by atoms with Crippen molar-refractivity contribution in [1.29, 1.82) is 0 Å². The minimum Gasteiger partial charge on any atom is -0.208 e. The molecule has 1 aliphatic rings. The van der Waals surface area contributed by atoms with Crippen molar-refractivity contribution < 1.29 is 0 Å². The Hall–Kier alpha value is -6.23. The van der Waals surface area contributed by atoms with E-state index in [9.17, 15) is 0 Å². The van der Waals surface area contributed by atoms with Gasteiger partial charge in [-0.2, -0.15) is 0 Å². The third-order valence-electron chi connectivity index (χ3n) is 10.1. The summed E-state index contributed by atoms with van der Waals surface area (Å²) in [5.74, 6) is 1.98. The summed E-state index contributed by atoms with van der Waals surface area (Å²) in [5, 5.41) is 1.18. The molecular formula is C48H35N3S. The van der Waals surface area contributed by atoms with E-state index in [1.54, 1.807) is 11.3 Å². The fourth-order valence-corrected chi connectivity index (χ4v) is 8.66. The maximum absolute atomic E-state index is 5.20. The summed E-state index contributed by atoms with van der Waals surface area (Å²) in [6.07, 6.45) is 6.24. The Balaban J connectivity index is 1.24. The van der Waals surface area contributed by atoms with E-state index < -0.39 is 5.41 Å². The van der Waals surface area contributed by atoms with Crippen LogP contribution in [-0.4, -0.2) is 15.0 Å². The summed E-state index contributed by atoms with van der Waals surface area (Å²) in [5.41, 5.74) is 11.2. The molecule has 0 radical (unpaired) electrons. The van der Waals surface area contributed by atoms with E-state index in [2.05, 4.69) is 177 Å². The standard InChI is InChI=1S/C48H35N3S/c1-3-4-15-32(2)33-26-28-34(29-27-33)45-49-46(51-47(50-45)44-31-35-16-8-13-25-43(35)52-44)36-17-14-20-38(30-36)48(37-18-6-5-7-19-37)41-23-11-9-21-39(41)40-22-10-12-24-42(40)48/h3-31H,1-2H3/b4-3-,32-15+. The number of hydrogen-bond acceptors (Lipinski definition) is 4. The average molecular weight is 686 g/mol. The summed E-state index contributed by atoms with van der Waals surface area (Å²) in [4.78, 5) is 16.5. The minimum absolute atomic E-state index is 0.511. The zero-order chi connectivity index (χ0) is 35.1. The Morgan fingerprint density at radius 3 is 1.88 bits per heavy atom. The topological polar surface area (TPSA) is 38.7 Å². The Morgan fingerprint density at radius 2 is 1.17 bits per heavy atom. The maximum Gasteiger partial charge on any atom is 0.174 e. The van der Waals surface area contributed by atoms with Crippen LogP contribution in [0.1, 0.15) is 41.7 Å². The third kappa shape index (κ3) is 5.31. The minimum atomic E-state index is -0.511. The molecule has 0 atom stereocenters. The van der Waals surface area contributed by atoms with Crippen LogP contribution in [-0.2, 0) is 5.41 Å². The third-order valence-corrected chi connectivity index (χ3v) is 11.2. The van der Waals surface area contributed by atoms with Crippen molar-refractivity contribution >= 4 is 27.0 Å². The summed E-state index contributed by atoms with van der Waals surface area (Å²) < 4.78 is 1.21. The second-order valence-corrected chi connectivity index (χ2v) is 14.3. The highest BCUT2D eigenvalue weighted by molar-refractivity contribution is 7.22. The molecule has 0 saturated heterocycles. The van der Waals surface area contributed by atoms with Crippen LogP contribution in [0.2, 0.25) is 0 Å². The van der Waals surface area contributed by atoms with Crippen molar-refractivity contribution in [2.24, 2.45) is 0 Å². The maximum atomic E-state index is 5.20. The van der Waals surface area contributed by atoms with Gasteiger partial charge in [0.25, 0.3) is 0 Å². The molecular weight excluding hydrogens is 651 g/mol. The van der Waals surface area contributed by atoms with Gasteiger partial charge in [-0.05, 0) is 82.0 Å². The molecule has 0 unspecified atom stereocenters. The Bertz CT molecular complexity index is 2570. The second kappa shape index (κ2) is 13.1. The van der Waals surface area contributed by atoms with Gasteiger partial charge in [0.2, 0.25) is 0 Å². The van der Waals surface area contributed by atoms with Crippen molar-refractivity contribution in [3.05, 3.63) is 204 Å². The van der Waals surface area contributed by atoms with E-state index in [0.29, 0.717) is 17.5 Å². The lowest BCUT2D eigenvalue weighted by molar-refractivity contribution is 0.768. The molecule has 0 saturated carbocycles. The predicted octanol–water partition coefficient (Wildman–Crippen LogP) is 12.4. The number of benzene rings is 6. The van der Waals surface area contributed by atoms with Crippen LogP contribution in [0, 0.1) is 0 Å². The Labute approximate surface area is 308 Å². The molecule has 8 aromatic rings. The van der Waals surface area contributed by atoms with Crippen molar-refractivity contribution in [1.82, 2.24) is 15.0 Å². The molecule has 0 aliphatic heterocycles. The van der Waals surface area contributed by atoms with E-state index in [1.807, 2.05) is 13.0 Å². The molecule has 0 spiro atoms. The summed E-state index contributed by atoms with van der Waals surface area (Å²) in [6.45, 7) is 4.16. The van der Waals surface area contributed by atoms with Gasteiger partial charge in [-0.3, -0.25) is 0 Å². The Morgan fingerprint density at radius 1 is 0.558 bits per heavy atom.